The maximum Gasteiger partial charge on any atom is 0.261 e. The molecule has 1 heterocycles. The summed E-state index contributed by atoms with van der Waals surface area (Å²) in [4.78, 5) is 25.9. The molecule has 2 amide bonds. The van der Waals surface area contributed by atoms with Gasteiger partial charge < -0.3 is 5.32 Å². The Morgan fingerprint density at radius 3 is 2.14 bits per heavy atom. The molecule has 1 N–H and O–H groups in total. The number of amides is 2. The quantitative estimate of drug-likeness (QED) is 0.874. The van der Waals surface area contributed by atoms with Crippen LogP contribution in [0.2, 0.25) is 0 Å². The monoisotopic (exact) mass is 280 g/mol. The van der Waals surface area contributed by atoms with Crippen molar-refractivity contribution in [2.45, 2.75) is 13.1 Å². The van der Waals surface area contributed by atoms with Crippen LogP contribution in [-0.2, 0) is 13.1 Å². The van der Waals surface area contributed by atoms with Crippen molar-refractivity contribution in [3.8, 4) is 0 Å². The Morgan fingerprint density at radius 2 is 1.52 bits per heavy atom. The Hall–Kier alpha value is -2.46. The summed E-state index contributed by atoms with van der Waals surface area (Å²) in [6, 6.07) is 14.9. The molecule has 4 nitrogen and oxygen atoms in total. The van der Waals surface area contributed by atoms with Gasteiger partial charge in [-0.2, -0.15) is 0 Å². The normalized spacial score (nSPS) is 13.7. The summed E-state index contributed by atoms with van der Waals surface area (Å²) >= 11 is 0. The molecule has 0 aromatic heterocycles. The van der Waals surface area contributed by atoms with Gasteiger partial charge >= 0.3 is 0 Å². The third kappa shape index (κ3) is 2.45. The average Bonchev–Trinajstić information content (AvgIpc) is 2.74. The van der Waals surface area contributed by atoms with Crippen molar-refractivity contribution in [2.75, 3.05) is 7.05 Å². The third-order valence-corrected chi connectivity index (χ3v) is 3.59. The Bertz CT molecular complexity index is 674. The molecule has 0 spiro atoms. The van der Waals surface area contributed by atoms with Crippen molar-refractivity contribution in [3.63, 3.8) is 0 Å². The van der Waals surface area contributed by atoms with Crippen LogP contribution in [0.25, 0.3) is 0 Å². The lowest BCUT2D eigenvalue weighted by Gasteiger charge is -2.14. The minimum atomic E-state index is -0.213. The molecule has 2 aromatic carbocycles. The number of hydrogen-bond donors (Lipinski definition) is 1. The van der Waals surface area contributed by atoms with E-state index >= 15 is 0 Å². The van der Waals surface area contributed by atoms with Gasteiger partial charge in [-0.15, -0.1) is 0 Å². The SMILES string of the molecule is CNCc1cccc(CN2C(=O)c3ccccc3C2=O)c1. The highest BCUT2D eigenvalue weighted by molar-refractivity contribution is 6.21. The molecule has 0 saturated heterocycles. The van der Waals surface area contributed by atoms with Crippen LogP contribution in [0.5, 0.6) is 0 Å². The highest BCUT2D eigenvalue weighted by atomic mass is 16.2. The zero-order valence-electron chi connectivity index (χ0n) is 11.8. The number of benzene rings is 2. The molecule has 0 fully saturated rings. The molecule has 0 saturated carbocycles. The summed E-state index contributed by atoms with van der Waals surface area (Å²) in [6.45, 7) is 1.07. The average molecular weight is 280 g/mol. The Balaban J connectivity index is 1.85. The molecule has 106 valence electrons. The van der Waals surface area contributed by atoms with E-state index in [-0.39, 0.29) is 11.8 Å². The van der Waals surface area contributed by atoms with Crippen molar-refractivity contribution in [2.24, 2.45) is 0 Å². The third-order valence-electron chi connectivity index (χ3n) is 3.59. The fourth-order valence-corrected chi connectivity index (χ4v) is 2.61. The first-order valence-electron chi connectivity index (χ1n) is 6.88. The van der Waals surface area contributed by atoms with E-state index in [1.54, 1.807) is 24.3 Å². The molecule has 1 aliphatic heterocycles. The smallest absolute Gasteiger partial charge is 0.261 e. The van der Waals surface area contributed by atoms with Gasteiger partial charge in [0, 0.05) is 6.54 Å². The molecule has 1 aliphatic rings. The van der Waals surface area contributed by atoms with Crippen LogP contribution in [0.3, 0.4) is 0 Å². The first-order chi connectivity index (χ1) is 10.2. The topological polar surface area (TPSA) is 49.4 Å². The van der Waals surface area contributed by atoms with Gasteiger partial charge in [0.2, 0.25) is 0 Å². The van der Waals surface area contributed by atoms with E-state index < -0.39 is 0 Å². The molecule has 2 aromatic rings. The van der Waals surface area contributed by atoms with Gasteiger partial charge in [0.1, 0.15) is 0 Å². The summed E-state index contributed by atoms with van der Waals surface area (Å²) in [7, 11) is 1.89. The summed E-state index contributed by atoms with van der Waals surface area (Å²) in [5.41, 5.74) is 3.08. The van der Waals surface area contributed by atoms with Crippen LogP contribution in [0.1, 0.15) is 31.8 Å². The molecule has 0 atom stereocenters. The summed E-state index contributed by atoms with van der Waals surface area (Å²) in [6.07, 6.45) is 0. The Morgan fingerprint density at radius 1 is 0.905 bits per heavy atom. The highest BCUT2D eigenvalue weighted by Gasteiger charge is 2.34. The molecule has 0 radical (unpaired) electrons. The lowest BCUT2D eigenvalue weighted by molar-refractivity contribution is 0.0642. The molecule has 0 aliphatic carbocycles. The first kappa shape index (κ1) is 13.5. The second kappa shape index (κ2) is 5.50. The number of imide groups is 1. The molecule has 0 bridgehead atoms. The number of hydrogen-bond acceptors (Lipinski definition) is 3. The van der Waals surface area contributed by atoms with Crippen LogP contribution in [0.4, 0.5) is 0 Å². The number of rotatable bonds is 4. The van der Waals surface area contributed by atoms with Gasteiger partial charge in [-0.3, -0.25) is 14.5 Å². The Kier molecular flexibility index (Phi) is 3.54. The molecule has 4 heteroatoms. The maximum atomic E-state index is 12.3. The lowest BCUT2D eigenvalue weighted by atomic mass is 10.1. The van der Waals surface area contributed by atoms with Gasteiger partial charge in [0.25, 0.3) is 11.8 Å². The lowest BCUT2D eigenvalue weighted by Crippen LogP contribution is -2.29. The van der Waals surface area contributed by atoms with Crippen molar-refractivity contribution < 1.29 is 9.59 Å². The van der Waals surface area contributed by atoms with E-state index in [4.69, 9.17) is 0 Å². The van der Waals surface area contributed by atoms with E-state index in [2.05, 4.69) is 5.32 Å². The Labute approximate surface area is 123 Å². The zero-order valence-corrected chi connectivity index (χ0v) is 11.8. The number of nitrogens with one attached hydrogen (secondary N) is 1. The van der Waals surface area contributed by atoms with E-state index in [9.17, 15) is 9.59 Å². The van der Waals surface area contributed by atoms with E-state index in [0.29, 0.717) is 17.7 Å². The van der Waals surface area contributed by atoms with Gasteiger partial charge in [0.15, 0.2) is 0 Å². The van der Waals surface area contributed by atoms with Gasteiger partial charge in [-0.05, 0) is 30.3 Å². The number of nitrogens with zero attached hydrogens (tertiary/aromatic N) is 1. The van der Waals surface area contributed by atoms with Crippen LogP contribution < -0.4 is 5.32 Å². The predicted octanol–water partition coefficient (Wildman–Crippen LogP) is 2.20. The number of carbonyl (C=O) groups is 2. The standard InChI is InChI=1S/C17H16N2O2/c1-18-10-12-5-4-6-13(9-12)11-19-16(20)14-7-2-3-8-15(14)17(19)21/h2-9,18H,10-11H2,1H3. The molecule has 3 rings (SSSR count). The van der Waals surface area contributed by atoms with Crippen molar-refractivity contribution >= 4 is 11.8 Å². The predicted molar refractivity (Wildman–Crippen MR) is 79.9 cm³/mol. The summed E-state index contributed by atoms with van der Waals surface area (Å²) < 4.78 is 0. The van der Waals surface area contributed by atoms with Crippen LogP contribution in [0.15, 0.2) is 48.5 Å². The van der Waals surface area contributed by atoms with Gasteiger partial charge in [0.05, 0.1) is 17.7 Å². The van der Waals surface area contributed by atoms with Gasteiger partial charge in [-0.1, -0.05) is 36.4 Å². The fourth-order valence-electron chi connectivity index (χ4n) is 2.61. The van der Waals surface area contributed by atoms with Crippen molar-refractivity contribution in [3.05, 3.63) is 70.8 Å². The summed E-state index contributed by atoms with van der Waals surface area (Å²) in [5.74, 6) is -0.427. The maximum absolute atomic E-state index is 12.3. The fraction of sp³-hybridized carbons (Fsp3) is 0.176. The summed E-state index contributed by atoms with van der Waals surface area (Å²) in [5, 5.41) is 3.09. The van der Waals surface area contributed by atoms with Crippen molar-refractivity contribution in [1.82, 2.24) is 10.2 Å². The van der Waals surface area contributed by atoms with Crippen LogP contribution in [0, 0.1) is 0 Å². The molecular formula is C17H16N2O2. The molecular weight excluding hydrogens is 264 g/mol. The largest absolute Gasteiger partial charge is 0.316 e. The van der Waals surface area contributed by atoms with Crippen LogP contribution in [-0.4, -0.2) is 23.8 Å². The van der Waals surface area contributed by atoms with E-state index in [1.165, 1.54) is 4.90 Å². The van der Waals surface area contributed by atoms with E-state index in [1.807, 2.05) is 31.3 Å². The van der Waals surface area contributed by atoms with Gasteiger partial charge in [-0.25, -0.2) is 0 Å². The minimum Gasteiger partial charge on any atom is -0.316 e. The molecule has 21 heavy (non-hydrogen) atoms. The number of carbonyl (C=O) groups excluding carboxylic acids is 2. The first-order valence-corrected chi connectivity index (χ1v) is 6.88. The molecule has 0 unspecified atom stereocenters. The van der Waals surface area contributed by atoms with Crippen LogP contribution >= 0.6 is 0 Å². The van der Waals surface area contributed by atoms with Crippen molar-refractivity contribution in [1.29, 1.82) is 0 Å². The minimum absolute atomic E-state index is 0.213. The second-order valence-corrected chi connectivity index (χ2v) is 5.09. The highest BCUT2D eigenvalue weighted by Crippen LogP contribution is 2.24. The number of fused-ring (bicyclic) bond motifs is 1. The van der Waals surface area contributed by atoms with E-state index in [0.717, 1.165) is 17.7 Å². The second-order valence-electron chi connectivity index (χ2n) is 5.09. The zero-order chi connectivity index (χ0) is 14.8.